The Hall–Kier alpha value is -1.12. The van der Waals surface area contributed by atoms with Gasteiger partial charge in [0.25, 0.3) is 0 Å². The van der Waals surface area contributed by atoms with Crippen molar-refractivity contribution < 1.29 is 0 Å². The number of aryl methyl sites for hydroxylation is 4. The lowest BCUT2D eigenvalue weighted by Gasteiger charge is -2.29. The molecule has 1 aromatic carbocycles. The zero-order valence-electron chi connectivity index (χ0n) is 13.3. The highest BCUT2D eigenvalue weighted by molar-refractivity contribution is 7.10. The van der Waals surface area contributed by atoms with Gasteiger partial charge in [0.15, 0.2) is 0 Å². The van der Waals surface area contributed by atoms with Crippen molar-refractivity contribution in [3.63, 3.8) is 0 Å². The molecule has 1 aromatic heterocycles. The van der Waals surface area contributed by atoms with Gasteiger partial charge in [-0.05, 0) is 80.2 Å². The lowest BCUT2D eigenvalue weighted by Crippen LogP contribution is -2.33. The Morgan fingerprint density at radius 2 is 1.95 bits per heavy atom. The van der Waals surface area contributed by atoms with E-state index in [-0.39, 0.29) is 6.04 Å². The second-order valence-electron chi connectivity index (χ2n) is 6.54. The molecule has 1 nitrogen and oxygen atoms in total. The van der Waals surface area contributed by atoms with E-state index in [2.05, 4.69) is 44.4 Å². The van der Waals surface area contributed by atoms with Crippen LogP contribution in [-0.2, 0) is 12.8 Å². The third kappa shape index (κ3) is 2.93. The number of hydrogen-bond acceptors (Lipinski definition) is 2. The van der Waals surface area contributed by atoms with Crippen LogP contribution in [0, 0.1) is 20.8 Å². The van der Waals surface area contributed by atoms with E-state index in [1.165, 1.54) is 47.1 Å². The van der Waals surface area contributed by atoms with Crippen molar-refractivity contribution in [2.24, 2.45) is 5.73 Å². The Balaban J connectivity index is 1.84. The summed E-state index contributed by atoms with van der Waals surface area (Å²) >= 11 is 1.91. The number of hydrogen-bond donors (Lipinski definition) is 1. The fraction of sp³-hybridized carbons (Fsp3) is 0.474. The van der Waals surface area contributed by atoms with Crippen molar-refractivity contribution in [3.05, 3.63) is 56.3 Å². The first-order chi connectivity index (χ1) is 10.1. The first kappa shape index (κ1) is 14.8. The minimum atomic E-state index is 0.235. The van der Waals surface area contributed by atoms with E-state index in [0.717, 1.165) is 6.42 Å². The molecule has 2 heteroatoms. The van der Waals surface area contributed by atoms with Gasteiger partial charge < -0.3 is 5.73 Å². The molecule has 0 saturated heterocycles. The fourth-order valence-electron chi connectivity index (χ4n) is 3.88. The Kier molecular flexibility index (Phi) is 4.19. The molecule has 2 aromatic rings. The summed E-state index contributed by atoms with van der Waals surface area (Å²) in [6.45, 7) is 6.61. The van der Waals surface area contributed by atoms with Crippen molar-refractivity contribution in [1.29, 1.82) is 0 Å². The fourth-order valence-corrected chi connectivity index (χ4v) is 4.87. The van der Waals surface area contributed by atoms with E-state index in [1.54, 1.807) is 4.88 Å². The maximum absolute atomic E-state index is 6.63. The monoisotopic (exact) mass is 299 g/mol. The van der Waals surface area contributed by atoms with Crippen LogP contribution in [-0.4, -0.2) is 6.04 Å². The van der Waals surface area contributed by atoms with E-state index in [9.17, 15) is 0 Å². The van der Waals surface area contributed by atoms with E-state index in [1.807, 2.05) is 11.3 Å². The summed E-state index contributed by atoms with van der Waals surface area (Å²) in [6, 6.07) is 7.11. The standard InChI is InChI=1S/C19H25NS/c1-12-9-13(2)17(14(3)10-12)11-18(20)15-5-4-6-19-16(15)7-8-21-19/h7-10,15,18H,4-6,11,20H2,1-3H3. The first-order valence-corrected chi connectivity index (χ1v) is 8.83. The number of benzene rings is 1. The van der Waals surface area contributed by atoms with Gasteiger partial charge >= 0.3 is 0 Å². The van der Waals surface area contributed by atoms with Crippen molar-refractivity contribution in [2.75, 3.05) is 0 Å². The van der Waals surface area contributed by atoms with Crippen LogP contribution < -0.4 is 5.73 Å². The quantitative estimate of drug-likeness (QED) is 0.876. The van der Waals surface area contributed by atoms with Gasteiger partial charge in [-0.25, -0.2) is 0 Å². The molecule has 1 aliphatic carbocycles. The highest BCUT2D eigenvalue weighted by Gasteiger charge is 2.27. The summed E-state index contributed by atoms with van der Waals surface area (Å²) in [5.41, 5.74) is 13.8. The van der Waals surface area contributed by atoms with Crippen LogP contribution in [0.25, 0.3) is 0 Å². The van der Waals surface area contributed by atoms with Crippen LogP contribution in [0.5, 0.6) is 0 Å². The van der Waals surface area contributed by atoms with Gasteiger partial charge in [-0.3, -0.25) is 0 Å². The van der Waals surface area contributed by atoms with Crippen molar-refractivity contribution in [1.82, 2.24) is 0 Å². The van der Waals surface area contributed by atoms with Crippen LogP contribution in [0.15, 0.2) is 23.6 Å². The molecule has 0 aliphatic heterocycles. The molecule has 0 radical (unpaired) electrons. The number of rotatable bonds is 3. The summed E-state index contributed by atoms with van der Waals surface area (Å²) in [5.74, 6) is 0.542. The lowest BCUT2D eigenvalue weighted by molar-refractivity contribution is 0.463. The largest absolute Gasteiger partial charge is 0.327 e. The van der Waals surface area contributed by atoms with Crippen LogP contribution in [0.3, 0.4) is 0 Å². The molecule has 2 N–H and O–H groups in total. The highest BCUT2D eigenvalue weighted by atomic mass is 32.1. The second-order valence-corrected chi connectivity index (χ2v) is 7.54. The zero-order chi connectivity index (χ0) is 15.0. The second kappa shape index (κ2) is 5.94. The third-order valence-corrected chi connectivity index (χ3v) is 5.89. The molecular formula is C19H25NS. The Morgan fingerprint density at radius 1 is 1.24 bits per heavy atom. The van der Waals surface area contributed by atoms with Gasteiger partial charge in [0.05, 0.1) is 0 Å². The molecule has 1 aliphatic rings. The topological polar surface area (TPSA) is 26.0 Å². The van der Waals surface area contributed by atoms with Gasteiger partial charge in [0.1, 0.15) is 0 Å². The predicted octanol–water partition coefficient (Wildman–Crippen LogP) is 4.66. The molecule has 112 valence electrons. The summed E-state index contributed by atoms with van der Waals surface area (Å²) in [6.07, 6.45) is 4.78. The maximum Gasteiger partial charge on any atom is 0.0149 e. The summed E-state index contributed by atoms with van der Waals surface area (Å²) < 4.78 is 0. The lowest BCUT2D eigenvalue weighted by atomic mass is 9.79. The van der Waals surface area contributed by atoms with Crippen LogP contribution in [0.4, 0.5) is 0 Å². The van der Waals surface area contributed by atoms with Crippen molar-refractivity contribution in [3.8, 4) is 0 Å². The molecule has 1 heterocycles. The van der Waals surface area contributed by atoms with Gasteiger partial charge in [-0.2, -0.15) is 0 Å². The molecule has 0 fully saturated rings. The molecule has 0 spiro atoms. The van der Waals surface area contributed by atoms with Crippen molar-refractivity contribution in [2.45, 2.75) is 58.4 Å². The van der Waals surface area contributed by atoms with Gasteiger partial charge in [0, 0.05) is 16.8 Å². The summed E-state index contributed by atoms with van der Waals surface area (Å²) in [5, 5.41) is 2.23. The van der Waals surface area contributed by atoms with Crippen LogP contribution >= 0.6 is 11.3 Å². The average molecular weight is 299 g/mol. The number of thiophene rings is 1. The molecule has 0 amide bonds. The minimum Gasteiger partial charge on any atom is -0.327 e. The SMILES string of the molecule is Cc1cc(C)c(CC(N)C2CCCc3sccc32)c(C)c1. The Bertz CT molecular complexity index is 618. The molecule has 3 rings (SSSR count). The van der Waals surface area contributed by atoms with Gasteiger partial charge in [-0.1, -0.05) is 17.7 Å². The predicted molar refractivity (Wildman–Crippen MR) is 92.3 cm³/mol. The highest BCUT2D eigenvalue weighted by Crippen LogP contribution is 2.37. The zero-order valence-corrected chi connectivity index (χ0v) is 14.1. The van der Waals surface area contributed by atoms with E-state index < -0.39 is 0 Å². The third-order valence-electron chi connectivity index (χ3n) is 4.90. The Morgan fingerprint density at radius 3 is 2.67 bits per heavy atom. The molecule has 0 saturated carbocycles. The smallest absolute Gasteiger partial charge is 0.0149 e. The summed E-state index contributed by atoms with van der Waals surface area (Å²) in [7, 11) is 0. The van der Waals surface area contributed by atoms with Crippen LogP contribution in [0.1, 0.15) is 51.5 Å². The number of fused-ring (bicyclic) bond motifs is 1. The van der Waals surface area contributed by atoms with E-state index in [4.69, 9.17) is 5.73 Å². The summed E-state index contributed by atoms with van der Waals surface area (Å²) in [4.78, 5) is 1.57. The molecule has 2 unspecified atom stereocenters. The normalized spacial score (nSPS) is 19.3. The van der Waals surface area contributed by atoms with E-state index in [0.29, 0.717) is 5.92 Å². The minimum absolute atomic E-state index is 0.235. The van der Waals surface area contributed by atoms with Gasteiger partial charge in [0.2, 0.25) is 0 Å². The number of nitrogens with two attached hydrogens (primary N) is 1. The van der Waals surface area contributed by atoms with Crippen LogP contribution in [0.2, 0.25) is 0 Å². The van der Waals surface area contributed by atoms with E-state index >= 15 is 0 Å². The van der Waals surface area contributed by atoms with Gasteiger partial charge in [-0.15, -0.1) is 11.3 Å². The maximum atomic E-state index is 6.63. The molecular weight excluding hydrogens is 274 g/mol. The molecule has 0 bridgehead atoms. The first-order valence-electron chi connectivity index (χ1n) is 7.95. The van der Waals surface area contributed by atoms with Crippen molar-refractivity contribution >= 4 is 11.3 Å². The molecule has 21 heavy (non-hydrogen) atoms. The molecule has 2 atom stereocenters. The average Bonchev–Trinajstić information content (AvgIpc) is 2.90. The Labute approximate surface area is 132 Å².